The quantitative estimate of drug-likeness (QED) is 0.309. The van der Waals surface area contributed by atoms with E-state index in [0.29, 0.717) is 12.7 Å². The Balaban J connectivity index is 1.49. The third-order valence-corrected chi connectivity index (χ3v) is 5.52. The van der Waals surface area contributed by atoms with Crippen LogP contribution in [0.2, 0.25) is 0 Å². The van der Waals surface area contributed by atoms with E-state index in [4.69, 9.17) is 19.3 Å². The lowest BCUT2D eigenvalue weighted by molar-refractivity contribution is -0.157. The van der Waals surface area contributed by atoms with Gasteiger partial charge in [-0.1, -0.05) is 42.5 Å². The molecule has 0 aromatic heterocycles. The lowest BCUT2D eigenvalue weighted by Gasteiger charge is -2.33. The van der Waals surface area contributed by atoms with Gasteiger partial charge in [0.25, 0.3) is 0 Å². The van der Waals surface area contributed by atoms with Crippen molar-refractivity contribution in [2.45, 2.75) is 64.2 Å². The number of esters is 1. The van der Waals surface area contributed by atoms with Crippen LogP contribution in [0.1, 0.15) is 45.6 Å². The molecule has 0 spiro atoms. The average Bonchev–Trinajstić information content (AvgIpc) is 2.71. The second-order valence-corrected chi connectivity index (χ2v) is 9.42. The summed E-state index contributed by atoms with van der Waals surface area (Å²) in [5.41, 5.74) is 0.551. The summed E-state index contributed by atoms with van der Waals surface area (Å²) < 4.78 is 17.6. The van der Waals surface area contributed by atoms with Gasteiger partial charge < -0.3 is 14.0 Å². The Kier molecular flexibility index (Phi) is 6.50. The fourth-order valence-electron chi connectivity index (χ4n) is 4.20. The van der Waals surface area contributed by atoms with E-state index in [-0.39, 0.29) is 31.0 Å². The topological polar surface area (TPSA) is 68.6 Å². The number of hydrogen-bond donors (Lipinski definition) is 0. The molecule has 5 nitrogen and oxygen atoms in total. The first kappa shape index (κ1) is 22.3. The molecule has 1 aliphatic heterocycles. The van der Waals surface area contributed by atoms with Crippen LogP contribution in [0.4, 0.5) is 0 Å². The van der Waals surface area contributed by atoms with Crippen molar-refractivity contribution in [3.63, 3.8) is 0 Å². The molecule has 0 saturated carbocycles. The summed E-state index contributed by atoms with van der Waals surface area (Å²) in [6, 6.07) is 21.2. The average molecular weight is 429 g/mol. The van der Waals surface area contributed by atoms with Gasteiger partial charge in [-0.3, -0.25) is 4.79 Å². The molecule has 1 saturated heterocycles. The fourth-order valence-corrected chi connectivity index (χ4v) is 4.20. The Labute approximate surface area is 189 Å². The molecule has 0 amide bonds. The van der Waals surface area contributed by atoms with E-state index in [1.807, 2.05) is 32.9 Å². The molecule has 0 radical (unpaired) electrons. The number of nitriles is 1. The van der Waals surface area contributed by atoms with Gasteiger partial charge in [0, 0.05) is 6.32 Å². The number of benzene rings is 3. The molecule has 6 heteroatoms. The van der Waals surface area contributed by atoms with Crippen LogP contribution in [0.25, 0.3) is 21.5 Å². The molecule has 164 valence electrons. The highest BCUT2D eigenvalue weighted by Gasteiger charge is 2.35. The van der Waals surface area contributed by atoms with Gasteiger partial charge >= 0.3 is 13.1 Å². The Hall–Kier alpha value is -2.88. The van der Waals surface area contributed by atoms with E-state index in [2.05, 4.69) is 48.5 Å². The standard InChI is InChI=1S/C26H28BNO4/c1-26(2,3)30-25(29)16-24-15-23(10-11-28)31-27(32-24)17-18-8-9-21-13-19-6-4-5-7-20(19)14-22(21)12-18/h4-9,12-14,23-24H,10,15-17H2,1-3H3/t23-,24-/m1/s1. The Morgan fingerprint density at radius 1 is 1.03 bits per heavy atom. The number of nitrogens with zero attached hydrogens (tertiary/aromatic N) is 1. The van der Waals surface area contributed by atoms with Crippen molar-refractivity contribution in [1.29, 1.82) is 5.26 Å². The summed E-state index contributed by atoms with van der Waals surface area (Å²) in [6.07, 6.45) is 0.904. The van der Waals surface area contributed by atoms with Crippen molar-refractivity contribution < 1.29 is 18.8 Å². The van der Waals surface area contributed by atoms with Gasteiger partial charge in [-0.25, -0.2) is 0 Å². The molecule has 2 atom stereocenters. The van der Waals surface area contributed by atoms with E-state index >= 15 is 0 Å². The Morgan fingerprint density at radius 2 is 1.69 bits per heavy atom. The first-order valence-electron chi connectivity index (χ1n) is 11.1. The summed E-state index contributed by atoms with van der Waals surface area (Å²) in [6.45, 7) is 5.54. The van der Waals surface area contributed by atoms with Crippen LogP contribution < -0.4 is 0 Å². The van der Waals surface area contributed by atoms with E-state index in [1.165, 1.54) is 16.2 Å². The van der Waals surface area contributed by atoms with Gasteiger partial charge in [0.05, 0.1) is 31.1 Å². The molecular formula is C26H28BNO4. The van der Waals surface area contributed by atoms with Crippen molar-refractivity contribution in [2.75, 3.05) is 0 Å². The molecule has 0 unspecified atom stereocenters. The zero-order valence-electron chi connectivity index (χ0n) is 18.8. The van der Waals surface area contributed by atoms with Crippen LogP contribution in [-0.2, 0) is 25.2 Å². The van der Waals surface area contributed by atoms with Crippen LogP contribution in [0.15, 0.2) is 54.6 Å². The van der Waals surface area contributed by atoms with Crippen molar-refractivity contribution in [3.05, 3.63) is 60.2 Å². The fraction of sp³-hybridized carbons (Fsp3) is 0.385. The van der Waals surface area contributed by atoms with Crippen LogP contribution in [0, 0.1) is 11.3 Å². The SMILES string of the molecule is CC(C)(C)OC(=O)C[C@H]1C[C@@H](CC#N)OB(Cc2ccc3cc4ccccc4cc3c2)O1. The molecule has 1 aliphatic rings. The van der Waals surface area contributed by atoms with E-state index in [1.54, 1.807) is 0 Å². The maximum absolute atomic E-state index is 12.3. The van der Waals surface area contributed by atoms with Crippen LogP contribution in [0.3, 0.4) is 0 Å². The van der Waals surface area contributed by atoms with Crippen molar-refractivity contribution in [2.24, 2.45) is 0 Å². The molecular weight excluding hydrogens is 401 g/mol. The first-order valence-corrected chi connectivity index (χ1v) is 11.1. The third-order valence-electron chi connectivity index (χ3n) is 5.52. The lowest BCUT2D eigenvalue weighted by Crippen LogP contribution is -2.44. The summed E-state index contributed by atoms with van der Waals surface area (Å²) in [5.74, 6) is -0.295. The zero-order chi connectivity index (χ0) is 22.7. The summed E-state index contributed by atoms with van der Waals surface area (Å²) in [5, 5.41) is 13.9. The summed E-state index contributed by atoms with van der Waals surface area (Å²) in [7, 11) is -0.507. The minimum atomic E-state index is -0.539. The van der Waals surface area contributed by atoms with E-state index < -0.39 is 12.7 Å². The number of hydrogen-bond acceptors (Lipinski definition) is 5. The first-order chi connectivity index (χ1) is 15.3. The second-order valence-electron chi connectivity index (χ2n) is 9.42. The van der Waals surface area contributed by atoms with Crippen molar-refractivity contribution in [1.82, 2.24) is 0 Å². The van der Waals surface area contributed by atoms with Crippen molar-refractivity contribution in [3.8, 4) is 6.07 Å². The number of fused-ring (bicyclic) bond motifs is 2. The van der Waals surface area contributed by atoms with Crippen molar-refractivity contribution >= 4 is 34.6 Å². The Morgan fingerprint density at radius 3 is 2.38 bits per heavy atom. The molecule has 0 bridgehead atoms. The number of carbonyl (C=O) groups excluding carboxylic acids is 1. The predicted octanol–water partition coefficient (Wildman–Crippen LogP) is 5.38. The molecule has 4 rings (SSSR count). The number of ether oxygens (including phenoxy) is 1. The van der Waals surface area contributed by atoms with Gasteiger partial charge in [0.15, 0.2) is 0 Å². The highest BCUT2D eigenvalue weighted by Crippen LogP contribution is 2.27. The van der Waals surface area contributed by atoms with E-state index in [9.17, 15) is 4.79 Å². The lowest BCUT2D eigenvalue weighted by atomic mass is 9.77. The van der Waals surface area contributed by atoms with E-state index in [0.717, 1.165) is 10.9 Å². The highest BCUT2D eigenvalue weighted by molar-refractivity contribution is 6.44. The largest absolute Gasteiger partial charge is 0.461 e. The molecule has 3 aromatic carbocycles. The molecule has 1 fully saturated rings. The zero-order valence-corrected chi connectivity index (χ0v) is 18.8. The minimum absolute atomic E-state index is 0.156. The normalized spacial score (nSPS) is 19.1. The van der Waals surface area contributed by atoms with Gasteiger partial charge in [-0.15, -0.1) is 0 Å². The molecule has 0 aliphatic carbocycles. The molecule has 0 N–H and O–H groups in total. The monoisotopic (exact) mass is 429 g/mol. The number of carbonyl (C=O) groups is 1. The minimum Gasteiger partial charge on any atom is -0.460 e. The number of rotatable bonds is 5. The van der Waals surface area contributed by atoms with Gasteiger partial charge in [-0.2, -0.15) is 5.26 Å². The summed E-state index contributed by atoms with van der Waals surface area (Å²) >= 11 is 0. The molecule has 32 heavy (non-hydrogen) atoms. The second kappa shape index (κ2) is 9.32. The molecule has 3 aromatic rings. The summed E-state index contributed by atoms with van der Waals surface area (Å²) in [4.78, 5) is 12.3. The highest BCUT2D eigenvalue weighted by atomic mass is 16.6. The Bertz CT molecular complexity index is 1160. The van der Waals surface area contributed by atoms with Crippen LogP contribution in [0.5, 0.6) is 0 Å². The predicted molar refractivity (Wildman–Crippen MR) is 126 cm³/mol. The third kappa shape index (κ3) is 5.67. The maximum atomic E-state index is 12.3. The van der Waals surface area contributed by atoms with Gasteiger partial charge in [-0.05, 0) is 66.4 Å². The smallest absolute Gasteiger partial charge is 0.460 e. The van der Waals surface area contributed by atoms with Gasteiger partial charge in [0.1, 0.15) is 5.60 Å². The van der Waals surface area contributed by atoms with Gasteiger partial charge in [0.2, 0.25) is 0 Å². The molecule has 1 heterocycles. The maximum Gasteiger partial charge on any atom is 0.461 e. The van der Waals surface area contributed by atoms with Crippen LogP contribution >= 0.6 is 0 Å². The van der Waals surface area contributed by atoms with Crippen LogP contribution in [-0.4, -0.2) is 30.9 Å².